The molecule has 0 bridgehead atoms. The fraction of sp³-hybridized carbons (Fsp3) is 0.462. The minimum absolute atomic E-state index is 0.0456. The normalized spacial score (nSPS) is 14.5. The molecule has 22 heavy (non-hydrogen) atoms. The van der Waals surface area contributed by atoms with E-state index >= 15 is 0 Å². The van der Waals surface area contributed by atoms with Gasteiger partial charge in [0.1, 0.15) is 7.11 Å². The van der Waals surface area contributed by atoms with E-state index in [4.69, 9.17) is 9.36 Å². The molecule has 0 spiro atoms. The smallest absolute Gasteiger partial charge is 0.304 e. The summed E-state index contributed by atoms with van der Waals surface area (Å²) in [5.41, 5.74) is 0.418. The summed E-state index contributed by atoms with van der Waals surface area (Å²) in [6, 6.07) is 5.62. The Labute approximate surface area is 133 Å². The van der Waals surface area contributed by atoms with Gasteiger partial charge in [0.25, 0.3) is 11.6 Å². The SMILES string of the molecule is CCP(=O)(OC(=NOC)c1ccc([N+](=O)[O-])cc1)SC(C)C. The van der Waals surface area contributed by atoms with Gasteiger partial charge in [0, 0.05) is 29.1 Å². The number of oxime groups is 1. The van der Waals surface area contributed by atoms with E-state index in [1.54, 1.807) is 6.92 Å². The number of nitro groups is 1. The highest BCUT2D eigenvalue weighted by Crippen LogP contribution is 2.61. The maximum atomic E-state index is 12.7. The molecule has 0 aliphatic carbocycles. The van der Waals surface area contributed by atoms with Gasteiger partial charge in [-0.15, -0.1) is 0 Å². The number of rotatable bonds is 7. The first-order valence-corrected chi connectivity index (χ1v) is 9.93. The lowest BCUT2D eigenvalue weighted by atomic mass is 10.2. The van der Waals surface area contributed by atoms with E-state index in [1.165, 1.54) is 42.8 Å². The van der Waals surface area contributed by atoms with Crippen molar-refractivity contribution in [3.8, 4) is 0 Å². The fourth-order valence-corrected chi connectivity index (χ4v) is 5.63. The van der Waals surface area contributed by atoms with E-state index < -0.39 is 11.5 Å². The Morgan fingerprint density at radius 1 is 1.41 bits per heavy atom. The molecule has 122 valence electrons. The van der Waals surface area contributed by atoms with Crippen molar-refractivity contribution in [2.45, 2.75) is 26.0 Å². The lowest BCUT2D eigenvalue weighted by molar-refractivity contribution is -0.384. The van der Waals surface area contributed by atoms with Crippen LogP contribution in [0.2, 0.25) is 0 Å². The van der Waals surface area contributed by atoms with E-state index in [0.29, 0.717) is 11.7 Å². The Morgan fingerprint density at radius 3 is 2.41 bits per heavy atom. The summed E-state index contributed by atoms with van der Waals surface area (Å²) in [6.07, 6.45) is 0.339. The number of non-ortho nitro benzene ring substituents is 1. The van der Waals surface area contributed by atoms with Crippen LogP contribution in [-0.2, 0) is 13.9 Å². The van der Waals surface area contributed by atoms with Crippen molar-refractivity contribution in [1.29, 1.82) is 0 Å². The second-order valence-corrected chi connectivity index (χ2v) is 10.0. The summed E-state index contributed by atoms with van der Waals surface area (Å²) in [5, 5.41) is 14.6. The summed E-state index contributed by atoms with van der Waals surface area (Å²) >= 11 is 1.25. The summed E-state index contributed by atoms with van der Waals surface area (Å²) in [5.74, 6) is 0.0516. The molecule has 9 heteroatoms. The van der Waals surface area contributed by atoms with Crippen LogP contribution in [0.5, 0.6) is 0 Å². The molecular weight excluding hydrogens is 327 g/mol. The van der Waals surface area contributed by atoms with Crippen molar-refractivity contribution in [2.75, 3.05) is 13.3 Å². The minimum Gasteiger partial charge on any atom is -0.414 e. The van der Waals surface area contributed by atoms with E-state index in [0.717, 1.165) is 0 Å². The molecule has 0 aliphatic rings. The van der Waals surface area contributed by atoms with Crippen LogP contribution in [0, 0.1) is 10.1 Å². The Morgan fingerprint density at radius 2 is 2.00 bits per heavy atom. The Balaban J connectivity index is 3.06. The van der Waals surface area contributed by atoms with Gasteiger partial charge >= 0.3 is 6.57 Å². The van der Waals surface area contributed by atoms with Gasteiger partial charge in [-0.2, -0.15) is 0 Å². The lowest BCUT2D eigenvalue weighted by Crippen LogP contribution is -2.07. The third kappa shape index (κ3) is 5.35. The molecule has 0 fully saturated rings. The van der Waals surface area contributed by atoms with Crippen LogP contribution in [0.25, 0.3) is 0 Å². The number of hydrogen-bond acceptors (Lipinski definition) is 7. The maximum absolute atomic E-state index is 12.7. The Hall–Kier alpha value is -1.53. The minimum atomic E-state index is -2.97. The van der Waals surface area contributed by atoms with E-state index in [-0.39, 0.29) is 16.8 Å². The summed E-state index contributed by atoms with van der Waals surface area (Å²) in [7, 11) is 1.35. The monoisotopic (exact) mass is 346 g/mol. The first-order valence-electron chi connectivity index (χ1n) is 6.64. The van der Waals surface area contributed by atoms with Crippen molar-refractivity contribution in [1.82, 2.24) is 0 Å². The van der Waals surface area contributed by atoms with E-state index in [9.17, 15) is 14.7 Å². The molecule has 7 nitrogen and oxygen atoms in total. The quantitative estimate of drug-likeness (QED) is 0.241. The van der Waals surface area contributed by atoms with Crippen LogP contribution in [0.1, 0.15) is 26.3 Å². The van der Waals surface area contributed by atoms with Crippen molar-refractivity contribution >= 4 is 29.5 Å². The summed E-state index contributed by atoms with van der Waals surface area (Å²) < 4.78 is 18.3. The van der Waals surface area contributed by atoms with Gasteiger partial charge < -0.3 is 9.36 Å². The highest BCUT2D eigenvalue weighted by atomic mass is 32.7. The van der Waals surface area contributed by atoms with E-state index in [2.05, 4.69) is 5.16 Å². The molecule has 0 N–H and O–H groups in total. The lowest BCUT2D eigenvalue weighted by Gasteiger charge is -2.19. The zero-order valence-corrected chi connectivity index (χ0v) is 14.6. The Bertz CT molecular complexity index is 589. The van der Waals surface area contributed by atoms with Gasteiger partial charge in [-0.1, -0.05) is 32.2 Å². The molecule has 1 unspecified atom stereocenters. The average molecular weight is 346 g/mol. The molecule has 1 aromatic carbocycles. The number of hydrogen-bond donors (Lipinski definition) is 0. The molecule has 1 atom stereocenters. The highest BCUT2D eigenvalue weighted by molar-refractivity contribution is 8.56. The fourth-order valence-electron chi connectivity index (χ4n) is 1.54. The molecule has 0 aliphatic heterocycles. The third-order valence-electron chi connectivity index (χ3n) is 2.48. The van der Waals surface area contributed by atoms with Gasteiger partial charge in [0.15, 0.2) is 0 Å². The third-order valence-corrected chi connectivity index (χ3v) is 7.68. The topological polar surface area (TPSA) is 91.0 Å². The average Bonchev–Trinajstić information content (AvgIpc) is 2.46. The molecule has 1 aromatic rings. The van der Waals surface area contributed by atoms with E-state index in [1.807, 2.05) is 13.8 Å². The van der Waals surface area contributed by atoms with Crippen LogP contribution >= 0.6 is 18.0 Å². The number of benzene rings is 1. The Kier molecular flexibility index (Phi) is 6.90. The number of nitro benzene ring substituents is 1. The van der Waals surface area contributed by atoms with Gasteiger partial charge in [0.05, 0.1) is 4.92 Å². The van der Waals surface area contributed by atoms with Crippen molar-refractivity contribution < 1.29 is 18.8 Å². The molecule has 0 saturated heterocycles. The molecule has 0 radical (unpaired) electrons. The first-order chi connectivity index (χ1) is 10.3. The number of nitrogens with zero attached hydrogens (tertiary/aromatic N) is 2. The van der Waals surface area contributed by atoms with Gasteiger partial charge in [-0.25, -0.2) is 0 Å². The predicted molar refractivity (Wildman–Crippen MR) is 88.6 cm³/mol. The first kappa shape index (κ1) is 18.5. The maximum Gasteiger partial charge on any atom is 0.304 e. The van der Waals surface area contributed by atoms with Crippen molar-refractivity contribution in [3.05, 3.63) is 39.9 Å². The van der Waals surface area contributed by atoms with Crippen LogP contribution in [0.4, 0.5) is 5.69 Å². The largest absolute Gasteiger partial charge is 0.414 e. The van der Waals surface area contributed by atoms with Gasteiger partial charge in [-0.05, 0) is 17.3 Å². The summed E-state index contributed by atoms with van der Waals surface area (Å²) in [6.45, 7) is 2.66. The van der Waals surface area contributed by atoms with Gasteiger partial charge in [-0.3, -0.25) is 14.7 Å². The van der Waals surface area contributed by atoms with Crippen LogP contribution in [-0.4, -0.2) is 29.3 Å². The second kappa shape index (κ2) is 8.19. The molecule has 0 amide bonds. The highest BCUT2D eigenvalue weighted by Gasteiger charge is 2.27. The molecular formula is C13H19N2O5PS. The summed E-state index contributed by atoms with van der Waals surface area (Å²) in [4.78, 5) is 14.9. The van der Waals surface area contributed by atoms with Crippen molar-refractivity contribution in [3.63, 3.8) is 0 Å². The van der Waals surface area contributed by atoms with Crippen LogP contribution in [0.3, 0.4) is 0 Å². The zero-order chi connectivity index (χ0) is 16.8. The second-order valence-electron chi connectivity index (χ2n) is 4.56. The molecule has 0 saturated carbocycles. The molecule has 0 aromatic heterocycles. The van der Waals surface area contributed by atoms with Crippen LogP contribution < -0.4 is 0 Å². The predicted octanol–water partition coefficient (Wildman–Crippen LogP) is 4.27. The van der Waals surface area contributed by atoms with Crippen LogP contribution in [0.15, 0.2) is 29.4 Å². The van der Waals surface area contributed by atoms with Crippen molar-refractivity contribution in [2.24, 2.45) is 5.16 Å². The molecule has 0 heterocycles. The molecule has 1 rings (SSSR count). The van der Waals surface area contributed by atoms with Gasteiger partial charge in [0.2, 0.25) is 0 Å². The standard InChI is InChI=1S/C13H19N2O5PS/c1-5-21(18,22-10(2)3)20-13(14-19-4)11-6-8-12(9-7-11)15(16)17/h6-10H,5H2,1-4H3. The zero-order valence-electron chi connectivity index (χ0n) is 12.9.